The number of nitrogens with one attached hydrogen (secondary N) is 1. The monoisotopic (exact) mass is 290 g/mol. The van der Waals surface area contributed by atoms with E-state index in [0.717, 1.165) is 17.8 Å². The van der Waals surface area contributed by atoms with Gasteiger partial charge in [0, 0.05) is 24.6 Å². The molecule has 0 aliphatic carbocycles. The maximum absolute atomic E-state index is 12.4. The van der Waals surface area contributed by atoms with Crippen LogP contribution >= 0.6 is 0 Å². The second kappa shape index (κ2) is 6.72. The van der Waals surface area contributed by atoms with E-state index in [1.165, 1.54) is 4.90 Å². The number of carboxylic acid groups (broad SMARTS) is 1. The van der Waals surface area contributed by atoms with E-state index in [-0.39, 0.29) is 5.91 Å². The zero-order chi connectivity index (χ0) is 15.4. The van der Waals surface area contributed by atoms with Gasteiger partial charge in [-0.25, -0.2) is 4.79 Å². The zero-order valence-electron chi connectivity index (χ0n) is 12.5. The molecule has 1 amide bonds. The van der Waals surface area contributed by atoms with Gasteiger partial charge in [-0.05, 0) is 24.6 Å². The number of carboxylic acids is 1. The van der Waals surface area contributed by atoms with Gasteiger partial charge >= 0.3 is 5.97 Å². The third-order valence-electron chi connectivity index (χ3n) is 3.65. The summed E-state index contributed by atoms with van der Waals surface area (Å²) in [5.41, 5.74) is 1.67. The molecule has 2 rings (SSSR count). The van der Waals surface area contributed by atoms with Crippen LogP contribution in [0.3, 0.4) is 0 Å². The van der Waals surface area contributed by atoms with E-state index in [9.17, 15) is 14.7 Å². The summed E-state index contributed by atoms with van der Waals surface area (Å²) in [4.78, 5) is 25.3. The topological polar surface area (TPSA) is 69.6 Å². The Bertz CT molecular complexity index is 528. The molecule has 1 atom stereocenters. The molecule has 5 nitrogen and oxygen atoms in total. The van der Waals surface area contributed by atoms with Crippen molar-refractivity contribution in [3.63, 3.8) is 0 Å². The lowest BCUT2D eigenvalue weighted by Gasteiger charge is -2.22. The second-order valence-electron chi connectivity index (χ2n) is 5.66. The molecule has 1 aliphatic heterocycles. The molecule has 1 aromatic carbocycles. The number of benzene rings is 1. The van der Waals surface area contributed by atoms with E-state index in [2.05, 4.69) is 19.2 Å². The van der Waals surface area contributed by atoms with Crippen LogP contribution in [0.5, 0.6) is 0 Å². The first-order valence-corrected chi connectivity index (χ1v) is 7.37. The first kappa shape index (κ1) is 15.5. The molecular weight excluding hydrogens is 268 g/mol. The predicted molar refractivity (Wildman–Crippen MR) is 81.4 cm³/mol. The average molecular weight is 290 g/mol. The maximum atomic E-state index is 12.4. The van der Waals surface area contributed by atoms with Crippen molar-refractivity contribution >= 4 is 17.6 Å². The van der Waals surface area contributed by atoms with Crippen LogP contribution in [0, 0.1) is 0 Å². The van der Waals surface area contributed by atoms with Crippen LogP contribution in [0.25, 0.3) is 0 Å². The molecule has 0 unspecified atom stereocenters. The summed E-state index contributed by atoms with van der Waals surface area (Å²) in [5.74, 6) is -1.06. The standard InChI is InChI=1S/C16H22N2O3/c1-11(2)17-9-5-8-15(19)18-13-7-4-3-6-12(13)10-14(18)16(20)21/h3-4,6-7,11,14,17H,5,8-10H2,1-2H3,(H,20,21)/t14-/m0/s1. The van der Waals surface area contributed by atoms with Gasteiger partial charge in [-0.2, -0.15) is 0 Å². The van der Waals surface area contributed by atoms with Crippen LogP contribution in [0.15, 0.2) is 24.3 Å². The van der Waals surface area contributed by atoms with Gasteiger partial charge < -0.3 is 10.4 Å². The lowest BCUT2D eigenvalue weighted by molar-refractivity contribution is -0.139. The van der Waals surface area contributed by atoms with Crippen LogP contribution in [-0.2, 0) is 16.0 Å². The number of nitrogens with zero attached hydrogens (tertiary/aromatic N) is 1. The number of aliphatic carboxylic acids is 1. The fourth-order valence-corrected chi connectivity index (χ4v) is 2.64. The summed E-state index contributed by atoms with van der Waals surface area (Å²) < 4.78 is 0. The molecule has 0 fully saturated rings. The number of hydrogen-bond acceptors (Lipinski definition) is 3. The Balaban J connectivity index is 2.04. The van der Waals surface area contributed by atoms with E-state index < -0.39 is 12.0 Å². The number of hydrogen-bond donors (Lipinski definition) is 2. The maximum Gasteiger partial charge on any atom is 0.327 e. The van der Waals surface area contributed by atoms with Crippen LogP contribution in [-0.4, -0.2) is 35.6 Å². The van der Waals surface area contributed by atoms with E-state index >= 15 is 0 Å². The second-order valence-corrected chi connectivity index (χ2v) is 5.66. The normalized spacial score (nSPS) is 17.1. The lowest BCUT2D eigenvalue weighted by Crippen LogP contribution is -2.43. The molecule has 0 saturated heterocycles. The summed E-state index contributed by atoms with van der Waals surface area (Å²) in [5, 5.41) is 12.6. The number of fused-ring (bicyclic) bond motifs is 1. The highest BCUT2D eigenvalue weighted by Gasteiger charge is 2.37. The molecule has 5 heteroatoms. The van der Waals surface area contributed by atoms with Gasteiger partial charge in [0.1, 0.15) is 6.04 Å². The van der Waals surface area contributed by atoms with Crippen molar-refractivity contribution in [1.82, 2.24) is 5.32 Å². The summed E-state index contributed by atoms with van der Waals surface area (Å²) >= 11 is 0. The van der Waals surface area contributed by atoms with E-state index in [0.29, 0.717) is 25.3 Å². The zero-order valence-corrected chi connectivity index (χ0v) is 12.5. The van der Waals surface area contributed by atoms with Crippen molar-refractivity contribution in [2.75, 3.05) is 11.4 Å². The highest BCUT2D eigenvalue weighted by molar-refractivity contribution is 6.01. The summed E-state index contributed by atoms with van der Waals surface area (Å²) in [6.45, 7) is 4.87. The van der Waals surface area contributed by atoms with Crippen molar-refractivity contribution in [1.29, 1.82) is 0 Å². The smallest absolute Gasteiger partial charge is 0.327 e. The van der Waals surface area contributed by atoms with Gasteiger partial charge in [-0.3, -0.25) is 9.69 Å². The Morgan fingerprint density at radius 3 is 2.76 bits per heavy atom. The lowest BCUT2D eigenvalue weighted by atomic mass is 10.1. The summed E-state index contributed by atoms with van der Waals surface area (Å²) in [6, 6.07) is 7.04. The van der Waals surface area contributed by atoms with Gasteiger partial charge in [-0.1, -0.05) is 32.0 Å². The fraction of sp³-hybridized carbons (Fsp3) is 0.500. The van der Waals surface area contributed by atoms with Crippen molar-refractivity contribution in [2.45, 2.75) is 45.2 Å². The van der Waals surface area contributed by atoms with E-state index in [4.69, 9.17) is 0 Å². The Kier molecular flexibility index (Phi) is 4.96. The minimum absolute atomic E-state index is 0.113. The number of anilines is 1. The number of rotatable bonds is 6. The SMILES string of the molecule is CC(C)NCCCC(=O)N1c2ccccc2C[C@H]1C(=O)O. The largest absolute Gasteiger partial charge is 0.480 e. The molecule has 114 valence electrons. The predicted octanol–water partition coefficient (Wildman–Crippen LogP) is 1.81. The Morgan fingerprint density at radius 2 is 2.10 bits per heavy atom. The van der Waals surface area contributed by atoms with Crippen molar-refractivity contribution < 1.29 is 14.7 Å². The van der Waals surface area contributed by atoms with Crippen LogP contribution in [0.4, 0.5) is 5.69 Å². The van der Waals surface area contributed by atoms with Gasteiger partial charge in [0.15, 0.2) is 0 Å². The minimum Gasteiger partial charge on any atom is -0.480 e. The quantitative estimate of drug-likeness (QED) is 0.784. The fourth-order valence-electron chi connectivity index (χ4n) is 2.64. The number of carbonyl (C=O) groups excluding carboxylic acids is 1. The minimum atomic E-state index is -0.945. The number of amides is 1. The molecule has 1 heterocycles. The Morgan fingerprint density at radius 1 is 1.38 bits per heavy atom. The van der Waals surface area contributed by atoms with Crippen molar-refractivity contribution in [3.05, 3.63) is 29.8 Å². The van der Waals surface area contributed by atoms with Gasteiger partial charge in [0.05, 0.1) is 0 Å². The molecule has 21 heavy (non-hydrogen) atoms. The van der Waals surface area contributed by atoms with Crippen LogP contribution in [0.2, 0.25) is 0 Å². The number of carbonyl (C=O) groups is 2. The van der Waals surface area contributed by atoms with E-state index in [1.807, 2.05) is 24.3 Å². The third-order valence-corrected chi connectivity index (χ3v) is 3.65. The first-order valence-electron chi connectivity index (χ1n) is 7.37. The molecule has 0 spiro atoms. The first-order chi connectivity index (χ1) is 10.0. The summed E-state index contributed by atoms with van der Waals surface area (Å²) in [7, 11) is 0. The van der Waals surface area contributed by atoms with Crippen LogP contribution < -0.4 is 10.2 Å². The highest BCUT2D eigenvalue weighted by Crippen LogP contribution is 2.32. The molecule has 0 radical (unpaired) electrons. The Hall–Kier alpha value is -1.88. The molecule has 0 aromatic heterocycles. The molecular formula is C16H22N2O3. The van der Waals surface area contributed by atoms with Gasteiger partial charge in [0.25, 0.3) is 0 Å². The third kappa shape index (κ3) is 3.61. The van der Waals surface area contributed by atoms with Gasteiger partial charge in [-0.15, -0.1) is 0 Å². The van der Waals surface area contributed by atoms with Gasteiger partial charge in [0.2, 0.25) is 5.91 Å². The van der Waals surface area contributed by atoms with Crippen LogP contribution in [0.1, 0.15) is 32.3 Å². The average Bonchev–Trinajstić information content (AvgIpc) is 2.83. The Labute approximate surface area is 125 Å². The molecule has 1 aliphatic rings. The van der Waals surface area contributed by atoms with Crippen molar-refractivity contribution in [2.24, 2.45) is 0 Å². The molecule has 0 bridgehead atoms. The number of para-hydroxylation sites is 1. The highest BCUT2D eigenvalue weighted by atomic mass is 16.4. The molecule has 2 N–H and O–H groups in total. The van der Waals surface area contributed by atoms with E-state index in [1.54, 1.807) is 0 Å². The van der Waals surface area contributed by atoms with Crippen molar-refractivity contribution in [3.8, 4) is 0 Å². The molecule has 1 aromatic rings. The molecule has 0 saturated carbocycles. The summed E-state index contributed by atoms with van der Waals surface area (Å²) in [6.07, 6.45) is 1.46.